The van der Waals surface area contributed by atoms with Crippen molar-refractivity contribution in [1.29, 1.82) is 0 Å². The molecule has 2 N–H and O–H groups in total. The van der Waals surface area contributed by atoms with E-state index < -0.39 is 0 Å². The van der Waals surface area contributed by atoms with E-state index in [1.165, 1.54) is 22.9 Å². The normalized spacial score (nSPS) is 10.8. The number of aromatic nitrogens is 1. The van der Waals surface area contributed by atoms with Gasteiger partial charge in [-0.15, -0.1) is 0 Å². The third-order valence-corrected chi connectivity index (χ3v) is 5.84. The molecule has 7 heteroatoms. The lowest BCUT2D eigenvalue weighted by atomic mass is 10.1. The molecule has 0 fully saturated rings. The van der Waals surface area contributed by atoms with Crippen LogP contribution in [0.3, 0.4) is 0 Å². The van der Waals surface area contributed by atoms with Crippen LogP contribution in [0.2, 0.25) is 0 Å². The molecule has 0 saturated carbocycles. The number of pyridine rings is 1. The molecular weight excluding hydrogens is 420 g/mol. The first-order valence-electron chi connectivity index (χ1n) is 10.3. The highest BCUT2D eigenvalue weighted by molar-refractivity contribution is 7.99. The van der Waals surface area contributed by atoms with Crippen LogP contribution in [-0.2, 0) is 11.3 Å². The van der Waals surface area contributed by atoms with Crippen molar-refractivity contribution in [2.24, 2.45) is 0 Å². The highest BCUT2D eigenvalue weighted by Gasteiger charge is 2.14. The quantitative estimate of drug-likeness (QED) is 0.538. The Labute approximate surface area is 193 Å². The SMILES string of the molecule is Cc1ccc(Sc2ncccc2C(=O)NCc2cccc(NC(=O)CN(C)C)c2)cc1C. The molecule has 0 spiro atoms. The zero-order valence-corrected chi connectivity index (χ0v) is 19.6. The molecule has 0 aliphatic carbocycles. The minimum atomic E-state index is -0.188. The Morgan fingerprint density at radius 3 is 2.56 bits per heavy atom. The summed E-state index contributed by atoms with van der Waals surface area (Å²) < 4.78 is 0. The van der Waals surface area contributed by atoms with Gasteiger partial charge in [0.15, 0.2) is 0 Å². The lowest BCUT2D eigenvalue weighted by molar-refractivity contribution is -0.116. The molecular formula is C25H28N4O2S. The Balaban J connectivity index is 1.66. The lowest BCUT2D eigenvalue weighted by Crippen LogP contribution is -2.27. The van der Waals surface area contributed by atoms with Crippen molar-refractivity contribution in [3.05, 3.63) is 83.0 Å². The summed E-state index contributed by atoms with van der Waals surface area (Å²) >= 11 is 1.48. The van der Waals surface area contributed by atoms with Crippen LogP contribution < -0.4 is 10.6 Å². The maximum Gasteiger partial charge on any atom is 0.254 e. The molecule has 32 heavy (non-hydrogen) atoms. The van der Waals surface area contributed by atoms with E-state index in [1.54, 1.807) is 23.2 Å². The van der Waals surface area contributed by atoms with Gasteiger partial charge in [-0.05, 0) is 81.0 Å². The van der Waals surface area contributed by atoms with Gasteiger partial charge in [0.25, 0.3) is 5.91 Å². The summed E-state index contributed by atoms with van der Waals surface area (Å²) in [5, 5.41) is 6.50. The predicted molar refractivity (Wildman–Crippen MR) is 129 cm³/mol. The van der Waals surface area contributed by atoms with Crippen molar-refractivity contribution in [1.82, 2.24) is 15.2 Å². The van der Waals surface area contributed by atoms with Crippen molar-refractivity contribution in [3.8, 4) is 0 Å². The van der Waals surface area contributed by atoms with E-state index in [9.17, 15) is 9.59 Å². The molecule has 166 valence electrons. The highest BCUT2D eigenvalue weighted by Crippen LogP contribution is 2.30. The smallest absolute Gasteiger partial charge is 0.254 e. The van der Waals surface area contributed by atoms with Gasteiger partial charge in [-0.3, -0.25) is 9.59 Å². The second-order valence-electron chi connectivity index (χ2n) is 7.87. The molecule has 0 saturated heterocycles. The van der Waals surface area contributed by atoms with Gasteiger partial charge in [-0.2, -0.15) is 0 Å². The summed E-state index contributed by atoms with van der Waals surface area (Å²) in [5.41, 5.74) is 4.57. The Morgan fingerprint density at radius 2 is 1.81 bits per heavy atom. The van der Waals surface area contributed by atoms with Gasteiger partial charge in [0.1, 0.15) is 5.03 Å². The average Bonchev–Trinajstić information content (AvgIpc) is 2.75. The van der Waals surface area contributed by atoms with E-state index in [0.29, 0.717) is 29.4 Å². The van der Waals surface area contributed by atoms with Gasteiger partial charge in [-0.25, -0.2) is 4.98 Å². The van der Waals surface area contributed by atoms with E-state index >= 15 is 0 Å². The summed E-state index contributed by atoms with van der Waals surface area (Å²) in [5.74, 6) is -0.272. The number of hydrogen-bond donors (Lipinski definition) is 2. The number of likely N-dealkylation sites (N-methyl/N-ethyl adjacent to an activating group) is 1. The van der Waals surface area contributed by atoms with Crippen LogP contribution in [0.15, 0.2) is 70.7 Å². The van der Waals surface area contributed by atoms with Crippen molar-refractivity contribution in [2.45, 2.75) is 30.3 Å². The van der Waals surface area contributed by atoms with Crippen LogP contribution in [0.25, 0.3) is 0 Å². The van der Waals surface area contributed by atoms with Gasteiger partial charge < -0.3 is 15.5 Å². The minimum absolute atomic E-state index is 0.0837. The van der Waals surface area contributed by atoms with Gasteiger partial charge in [0, 0.05) is 23.3 Å². The minimum Gasteiger partial charge on any atom is -0.348 e. The number of carbonyl (C=O) groups excluding carboxylic acids is 2. The molecule has 6 nitrogen and oxygen atoms in total. The molecule has 1 heterocycles. The van der Waals surface area contributed by atoms with Gasteiger partial charge >= 0.3 is 0 Å². The molecule has 0 unspecified atom stereocenters. The van der Waals surface area contributed by atoms with Crippen molar-refractivity contribution in [2.75, 3.05) is 26.0 Å². The summed E-state index contributed by atoms with van der Waals surface area (Å²) in [6.45, 7) is 4.80. The van der Waals surface area contributed by atoms with Gasteiger partial charge in [-0.1, -0.05) is 30.0 Å². The van der Waals surface area contributed by atoms with Crippen LogP contribution in [-0.4, -0.2) is 42.3 Å². The predicted octanol–water partition coefficient (Wildman–Crippen LogP) is 4.28. The molecule has 3 rings (SSSR count). The van der Waals surface area contributed by atoms with Crippen LogP contribution in [0, 0.1) is 13.8 Å². The lowest BCUT2D eigenvalue weighted by Gasteiger charge is -2.12. The number of amides is 2. The van der Waals surface area contributed by atoms with Crippen LogP contribution >= 0.6 is 11.8 Å². The van der Waals surface area contributed by atoms with Crippen molar-refractivity contribution >= 4 is 29.3 Å². The molecule has 0 bridgehead atoms. The van der Waals surface area contributed by atoms with Gasteiger partial charge in [0.05, 0.1) is 12.1 Å². The standard InChI is InChI=1S/C25H28N4O2S/c1-17-10-11-21(13-18(17)2)32-25-22(9-6-12-26-25)24(31)27-15-19-7-5-8-20(14-19)28-23(30)16-29(3)4/h5-14H,15-16H2,1-4H3,(H,27,31)(H,28,30). The summed E-state index contributed by atoms with van der Waals surface area (Å²) in [7, 11) is 3.69. The molecule has 0 atom stereocenters. The average molecular weight is 449 g/mol. The molecule has 3 aromatic rings. The number of carbonyl (C=O) groups is 2. The van der Waals surface area contributed by atoms with Crippen molar-refractivity contribution < 1.29 is 9.59 Å². The molecule has 2 aromatic carbocycles. The first kappa shape index (κ1) is 23.5. The van der Waals surface area contributed by atoms with E-state index in [-0.39, 0.29) is 11.8 Å². The fourth-order valence-corrected chi connectivity index (χ4v) is 4.04. The van der Waals surface area contributed by atoms with Gasteiger partial charge in [0.2, 0.25) is 5.91 Å². The third-order valence-electron chi connectivity index (χ3n) is 4.83. The Hall–Kier alpha value is -3.16. The molecule has 0 aliphatic rings. The fourth-order valence-electron chi connectivity index (χ4n) is 3.06. The molecule has 0 radical (unpaired) electrons. The summed E-state index contributed by atoms with van der Waals surface area (Å²) in [6, 6.07) is 17.2. The summed E-state index contributed by atoms with van der Waals surface area (Å²) in [6.07, 6.45) is 1.69. The Bertz CT molecular complexity index is 1110. The van der Waals surface area contributed by atoms with E-state index in [2.05, 4.69) is 41.6 Å². The van der Waals surface area contributed by atoms with Crippen LogP contribution in [0.1, 0.15) is 27.0 Å². The number of benzene rings is 2. The highest BCUT2D eigenvalue weighted by atomic mass is 32.2. The van der Waals surface area contributed by atoms with Crippen LogP contribution in [0.4, 0.5) is 5.69 Å². The zero-order valence-electron chi connectivity index (χ0n) is 18.8. The number of nitrogens with zero attached hydrogens (tertiary/aromatic N) is 2. The second-order valence-corrected chi connectivity index (χ2v) is 8.94. The Kier molecular flexibility index (Phi) is 8.03. The molecule has 0 aliphatic heterocycles. The number of hydrogen-bond acceptors (Lipinski definition) is 5. The maximum atomic E-state index is 12.9. The molecule has 2 amide bonds. The van der Waals surface area contributed by atoms with E-state index in [4.69, 9.17) is 0 Å². The zero-order chi connectivity index (χ0) is 23.1. The van der Waals surface area contributed by atoms with Crippen molar-refractivity contribution in [3.63, 3.8) is 0 Å². The fraction of sp³-hybridized carbons (Fsp3) is 0.240. The number of nitrogens with one attached hydrogen (secondary N) is 2. The van der Waals surface area contributed by atoms with E-state index in [1.807, 2.05) is 44.4 Å². The largest absolute Gasteiger partial charge is 0.348 e. The first-order valence-corrected chi connectivity index (χ1v) is 11.2. The first-order chi connectivity index (χ1) is 15.3. The topological polar surface area (TPSA) is 74.3 Å². The van der Waals surface area contributed by atoms with E-state index in [0.717, 1.165) is 10.5 Å². The second kappa shape index (κ2) is 10.9. The number of rotatable bonds is 8. The maximum absolute atomic E-state index is 12.9. The van der Waals surface area contributed by atoms with Crippen LogP contribution in [0.5, 0.6) is 0 Å². The number of anilines is 1. The summed E-state index contributed by atoms with van der Waals surface area (Å²) in [4.78, 5) is 32.1. The monoisotopic (exact) mass is 448 g/mol. The Morgan fingerprint density at radius 1 is 1.00 bits per heavy atom. The molecule has 1 aromatic heterocycles. The number of aryl methyl sites for hydroxylation is 2. The third kappa shape index (κ3) is 6.67.